The van der Waals surface area contributed by atoms with Crippen molar-refractivity contribution in [2.75, 3.05) is 11.1 Å². The van der Waals surface area contributed by atoms with Gasteiger partial charge in [0.15, 0.2) is 0 Å². The van der Waals surface area contributed by atoms with E-state index in [1.165, 1.54) is 0 Å². The number of carbonyl (C=O) groups excluding carboxylic acids is 1. The minimum Gasteiger partial charge on any atom is -0.399 e. The molecular weight excluding hydrogens is 276 g/mol. The highest BCUT2D eigenvalue weighted by molar-refractivity contribution is 6.31. The van der Waals surface area contributed by atoms with Crippen molar-refractivity contribution >= 4 is 40.2 Å². The first kappa shape index (κ1) is 12.5. The molecule has 20 heavy (non-hydrogen) atoms. The fourth-order valence-electron chi connectivity index (χ4n) is 1.94. The average Bonchev–Trinajstić information content (AvgIpc) is 2.79. The van der Waals surface area contributed by atoms with Crippen molar-refractivity contribution in [3.8, 4) is 0 Å². The third-order valence-corrected chi connectivity index (χ3v) is 3.02. The summed E-state index contributed by atoms with van der Waals surface area (Å²) in [5, 5.41) is 3.10. The minimum atomic E-state index is -0.321. The van der Waals surface area contributed by atoms with Crippen molar-refractivity contribution < 1.29 is 4.79 Å². The van der Waals surface area contributed by atoms with Gasteiger partial charge in [0.25, 0.3) is 5.91 Å². The summed E-state index contributed by atoms with van der Waals surface area (Å²) in [5.41, 5.74) is 8.13. The summed E-state index contributed by atoms with van der Waals surface area (Å²) in [6, 6.07) is 12.2. The van der Waals surface area contributed by atoms with Crippen molar-refractivity contribution in [2.45, 2.75) is 0 Å². The number of nitrogens with one attached hydrogen (secondary N) is 2. The number of benzene rings is 2. The average molecular weight is 287 g/mol. The van der Waals surface area contributed by atoms with Gasteiger partial charge >= 0.3 is 0 Å². The van der Waals surface area contributed by atoms with Gasteiger partial charge < -0.3 is 10.7 Å². The lowest BCUT2D eigenvalue weighted by molar-refractivity contribution is 0.102. The molecule has 3 aromatic rings. The Kier molecular flexibility index (Phi) is 3.04. The third kappa shape index (κ3) is 2.44. The van der Waals surface area contributed by atoms with Crippen LogP contribution in [0.2, 0.25) is 5.02 Å². The molecule has 0 bridgehead atoms. The van der Waals surface area contributed by atoms with Gasteiger partial charge in [0.2, 0.25) is 5.95 Å². The maximum absolute atomic E-state index is 12.1. The second-order valence-corrected chi connectivity index (χ2v) is 4.77. The molecule has 0 radical (unpaired) electrons. The van der Waals surface area contributed by atoms with E-state index in [9.17, 15) is 4.79 Å². The zero-order valence-electron chi connectivity index (χ0n) is 10.4. The Hall–Kier alpha value is -2.53. The first-order valence-electron chi connectivity index (χ1n) is 5.94. The molecule has 0 aliphatic carbocycles. The molecule has 0 aliphatic heterocycles. The molecule has 3 rings (SSSR count). The van der Waals surface area contributed by atoms with E-state index in [4.69, 9.17) is 17.3 Å². The number of rotatable bonds is 2. The van der Waals surface area contributed by atoms with Crippen LogP contribution in [0.3, 0.4) is 0 Å². The van der Waals surface area contributed by atoms with E-state index in [1.54, 1.807) is 18.2 Å². The molecule has 0 spiro atoms. The van der Waals surface area contributed by atoms with Gasteiger partial charge in [-0.25, -0.2) is 4.98 Å². The zero-order chi connectivity index (χ0) is 14.1. The molecule has 1 aromatic heterocycles. The molecule has 0 fully saturated rings. The molecule has 100 valence electrons. The molecule has 0 aliphatic rings. The number of nitrogen functional groups attached to an aromatic ring is 1. The number of carbonyl (C=O) groups is 1. The maximum atomic E-state index is 12.1. The Morgan fingerprint density at radius 2 is 2.05 bits per heavy atom. The monoisotopic (exact) mass is 286 g/mol. The third-order valence-electron chi connectivity index (χ3n) is 2.80. The Bertz CT molecular complexity index is 743. The standard InChI is InChI=1S/C14H11ClN4O/c15-9-5-8(6-10(16)7-9)13(20)19-14-17-11-3-1-2-4-12(11)18-14/h1-7H,16H2,(H2,17,18,19,20). The van der Waals surface area contributed by atoms with Crippen LogP contribution in [0.1, 0.15) is 10.4 Å². The highest BCUT2D eigenvalue weighted by Gasteiger charge is 2.10. The van der Waals surface area contributed by atoms with E-state index in [0.29, 0.717) is 22.2 Å². The lowest BCUT2D eigenvalue weighted by Gasteiger charge is -2.03. The highest BCUT2D eigenvalue weighted by Crippen LogP contribution is 2.18. The van der Waals surface area contributed by atoms with E-state index in [0.717, 1.165) is 11.0 Å². The van der Waals surface area contributed by atoms with Crippen molar-refractivity contribution in [3.05, 3.63) is 53.1 Å². The van der Waals surface area contributed by atoms with Gasteiger partial charge in [-0.1, -0.05) is 23.7 Å². The summed E-state index contributed by atoms with van der Waals surface area (Å²) in [6.07, 6.45) is 0. The first-order chi connectivity index (χ1) is 9.61. The lowest BCUT2D eigenvalue weighted by Crippen LogP contribution is -2.13. The first-order valence-corrected chi connectivity index (χ1v) is 6.32. The summed E-state index contributed by atoms with van der Waals surface area (Å²) < 4.78 is 0. The number of H-pyrrole nitrogens is 1. The number of aromatic nitrogens is 2. The van der Waals surface area contributed by atoms with Crippen LogP contribution in [0.15, 0.2) is 42.5 Å². The topological polar surface area (TPSA) is 83.8 Å². The number of nitrogens with zero attached hydrogens (tertiary/aromatic N) is 1. The molecule has 6 heteroatoms. The summed E-state index contributed by atoms with van der Waals surface area (Å²) in [5.74, 6) is 0.0630. The van der Waals surface area contributed by atoms with Gasteiger partial charge in [0.05, 0.1) is 11.0 Å². The Balaban J connectivity index is 1.88. The number of amides is 1. The number of para-hydroxylation sites is 2. The SMILES string of the molecule is Nc1cc(Cl)cc(C(=O)Nc2nc3ccccc3[nH]2)c1. The fraction of sp³-hybridized carbons (Fsp3) is 0. The van der Waals surface area contributed by atoms with Crippen LogP contribution in [0.4, 0.5) is 11.6 Å². The van der Waals surface area contributed by atoms with Crippen LogP contribution < -0.4 is 11.1 Å². The van der Waals surface area contributed by atoms with Crippen LogP contribution in [-0.2, 0) is 0 Å². The number of aromatic amines is 1. The molecule has 1 amide bonds. The number of halogens is 1. The Morgan fingerprint density at radius 1 is 1.25 bits per heavy atom. The van der Waals surface area contributed by atoms with Crippen molar-refractivity contribution in [2.24, 2.45) is 0 Å². The molecular formula is C14H11ClN4O. The van der Waals surface area contributed by atoms with Gasteiger partial charge in [-0.3, -0.25) is 10.1 Å². The Labute approximate surface area is 119 Å². The summed E-state index contributed by atoms with van der Waals surface area (Å²) in [7, 11) is 0. The molecule has 0 atom stereocenters. The normalized spacial score (nSPS) is 10.7. The van der Waals surface area contributed by atoms with Gasteiger partial charge in [-0.15, -0.1) is 0 Å². The second kappa shape index (κ2) is 4.86. The van der Waals surface area contributed by atoms with Crippen molar-refractivity contribution in [1.29, 1.82) is 0 Å². The molecule has 0 saturated heterocycles. The van der Waals surface area contributed by atoms with E-state index < -0.39 is 0 Å². The number of hydrogen-bond acceptors (Lipinski definition) is 3. The maximum Gasteiger partial charge on any atom is 0.258 e. The minimum absolute atomic E-state index is 0.321. The van der Waals surface area contributed by atoms with Crippen LogP contribution in [0, 0.1) is 0 Å². The van der Waals surface area contributed by atoms with Gasteiger partial charge in [0, 0.05) is 16.3 Å². The van der Waals surface area contributed by atoms with E-state index in [-0.39, 0.29) is 5.91 Å². The van der Waals surface area contributed by atoms with Crippen molar-refractivity contribution in [3.63, 3.8) is 0 Å². The number of fused-ring (bicyclic) bond motifs is 1. The molecule has 0 unspecified atom stereocenters. The van der Waals surface area contributed by atoms with E-state index in [2.05, 4.69) is 15.3 Å². The zero-order valence-corrected chi connectivity index (χ0v) is 11.1. The second-order valence-electron chi connectivity index (χ2n) is 4.33. The summed E-state index contributed by atoms with van der Waals surface area (Å²) in [6.45, 7) is 0. The molecule has 2 aromatic carbocycles. The molecule has 4 N–H and O–H groups in total. The highest BCUT2D eigenvalue weighted by atomic mass is 35.5. The van der Waals surface area contributed by atoms with E-state index in [1.807, 2.05) is 24.3 Å². The predicted octanol–water partition coefficient (Wildman–Crippen LogP) is 3.05. The predicted molar refractivity (Wildman–Crippen MR) is 79.9 cm³/mol. The van der Waals surface area contributed by atoms with Gasteiger partial charge in [-0.05, 0) is 30.3 Å². The molecule has 5 nitrogen and oxygen atoms in total. The van der Waals surface area contributed by atoms with Gasteiger partial charge in [-0.2, -0.15) is 0 Å². The molecule has 1 heterocycles. The van der Waals surface area contributed by atoms with Gasteiger partial charge in [0.1, 0.15) is 0 Å². The summed E-state index contributed by atoms with van der Waals surface area (Å²) in [4.78, 5) is 19.4. The van der Waals surface area contributed by atoms with Crippen LogP contribution in [-0.4, -0.2) is 15.9 Å². The largest absolute Gasteiger partial charge is 0.399 e. The smallest absolute Gasteiger partial charge is 0.258 e. The van der Waals surface area contributed by atoms with Crippen LogP contribution in [0.5, 0.6) is 0 Å². The van der Waals surface area contributed by atoms with Crippen LogP contribution in [0.25, 0.3) is 11.0 Å². The fourth-order valence-corrected chi connectivity index (χ4v) is 2.18. The lowest BCUT2D eigenvalue weighted by atomic mass is 10.2. The van der Waals surface area contributed by atoms with Crippen LogP contribution >= 0.6 is 11.6 Å². The Morgan fingerprint density at radius 3 is 2.80 bits per heavy atom. The number of hydrogen-bond donors (Lipinski definition) is 3. The van der Waals surface area contributed by atoms with E-state index >= 15 is 0 Å². The number of anilines is 2. The van der Waals surface area contributed by atoms with Crippen molar-refractivity contribution in [1.82, 2.24) is 9.97 Å². The summed E-state index contributed by atoms with van der Waals surface area (Å²) >= 11 is 5.88. The quantitative estimate of drug-likeness (QED) is 0.633. The molecule has 0 saturated carbocycles. The number of nitrogens with two attached hydrogens (primary N) is 1. The number of imidazole rings is 1.